The second-order valence-corrected chi connectivity index (χ2v) is 8.30. The van der Waals surface area contributed by atoms with Crippen molar-refractivity contribution in [3.8, 4) is 0 Å². The van der Waals surface area contributed by atoms with Crippen LogP contribution in [-0.4, -0.2) is 27.7 Å². The molecule has 0 aliphatic heterocycles. The van der Waals surface area contributed by atoms with Gasteiger partial charge in [-0.2, -0.15) is 0 Å². The van der Waals surface area contributed by atoms with Crippen LogP contribution in [0.1, 0.15) is 74.0 Å². The second kappa shape index (κ2) is 8.55. The second-order valence-electron chi connectivity index (χ2n) is 7.74. The molecule has 138 valence electrons. The van der Waals surface area contributed by atoms with Crippen LogP contribution in [0.4, 0.5) is 0 Å². The van der Waals surface area contributed by atoms with E-state index in [0.717, 1.165) is 38.5 Å². The Kier molecular flexibility index (Phi) is 6.40. The minimum Gasteiger partial charge on any atom is -0.481 e. The highest BCUT2D eigenvalue weighted by molar-refractivity contribution is 6.21. The molecule has 1 fully saturated rings. The van der Waals surface area contributed by atoms with E-state index in [1.807, 2.05) is 0 Å². The Bertz CT molecular complexity index is 601. The normalized spacial score (nSPS) is 28.2. The number of halogens is 1. The number of hydrogen-bond acceptors (Lipinski definition) is 2. The molecule has 0 radical (unpaired) electrons. The van der Waals surface area contributed by atoms with E-state index in [1.165, 1.54) is 29.5 Å². The summed E-state index contributed by atoms with van der Waals surface area (Å²) in [4.78, 5) is 10.6. The Labute approximate surface area is 155 Å². The van der Waals surface area contributed by atoms with Gasteiger partial charge in [-0.15, -0.1) is 11.6 Å². The number of aliphatic carboxylic acids is 1. The number of rotatable bonds is 8. The summed E-state index contributed by atoms with van der Waals surface area (Å²) in [7, 11) is 0. The van der Waals surface area contributed by atoms with Crippen molar-refractivity contribution >= 4 is 17.6 Å². The van der Waals surface area contributed by atoms with Crippen LogP contribution in [0, 0.1) is 5.92 Å². The number of aliphatic hydroxyl groups is 1. The molecule has 0 heterocycles. The van der Waals surface area contributed by atoms with Crippen LogP contribution >= 0.6 is 11.6 Å². The lowest BCUT2D eigenvalue weighted by Crippen LogP contribution is -2.19. The van der Waals surface area contributed by atoms with Crippen molar-refractivity contribution in [3.05, 3.63) is 34.9 Å². The maximum atomic E-state index is 10.6. The molecule has 1 saturated carbocycles. The van der Waals surface area contributed by atoms with Gasteiger partial charge >= 0.3 is 5.97 Å². The zero-order valence-electron chi connectivity index (χ0n) is 14.8. The lowest BCUT2D eigenvalue weighted by atomic mass is 9.83. The standard InChI is InChI=1S/C21H29ClO3/c22-18-13-19(23)21(16-11-10-14-6-5-7-15(14)12-16)17(18)8-3-1-2-4-9-20(24)25/h10-12,17-19,21,23H,1-9,13H2,(H,24,25)/t17-,18+,19+,21+/m0/s1. The van der Waals surface area contributed by atoms with Crippen LogP contribution in [0.3, 0.4) is 0 Å². The average molecular weight is 365 g/mol. The number of benzene rings is 1. The number of carboxylic acid groups (broad SMARTS) is 1. The Balaban J connectivity index is 1.58. The summed E-state index contributed by atoms with van der Waals surface area (Å²) in [6.07, 6.45) is 8.99. The highest BCUT2D eigenvalue weighted by Crippen LogP contribution is 2.46. The molecule has 1 aromatic carbocycles. The summed E-state index contributed by atoms with van der Waals surface area (Å²) in [5, 5.41) is 19.3. The number of carboxylic acids is 1. The van der Waals surface area contributed by atoms with Gasteiger partial charge in [-0.3, -0.25) is 4.79 Å². The fraction of sp³-hybridized carbons (Fsp3) is 0.667. The van der Waals surface area contributed by atoms with E-state index < -0.39 is 5.97 Å². The van der Waals surface area contributed by atoms with Crippen molar-refractivity contribution in [2.24, 2.45) is 5.92 Å². The number of aliphatic hydroxyl groups excluding tert-OH is 1. The number of alkyl halides is 1. The van der Waals surface area contributed by atoms with Gasteiger partial charge in [0.05, 0.1) is 6.10 Å². The van der Waals surface area contributed by atoms with Gasteiger partial charge in [0.1, 0.15) is 0 Å². The average Bonchev–Trinajstić information content (AvgIpc) is 3.13. The molecule has 2 aliphatic rings. The van der Waals surface area contributed by atoms with Crippen molar-refractivity contribution in [1.29, 1.82) is 0 Å². The molecule has 3 rings (SSSR count). The molecule has 0 saturated heterocycles. The maximum absolute atomic E-state index is 10.6. The molecule has 4 atom stereocenters. The number of fused-ring (bicyclic) bond motifs is 1. The summed E-state index contributed by atoms with van der Waals surface area (Å²) < 4.78 is 0. The van der Waals surface area contributed by atoms with Gasteiger partial charge in [-0.25, -0.2) is 0 Å². The summed E-state index contributed by atoms with van der Waals surface area (Å²) in [6.45, 7) is 0. The summed E-state index contributed by atoms with van der Waals surface area (Å²) >= 11 is 6.58. The van der Waals surface area contributed by atoms with E-state index in [0.29, 0.717) is 12.3 Å². The van der Waals surface area contributed by atoms with Gasteiger partial charge in [-0.1, -0.05) is 37.5 Å². The van der Waals surface area contributed by atoms with Gasteiger partial charge in [0.2, 0.25) is 0 Å². The first-order valence-corrected chi connectivity index (χ1v) is 10.2. The molecule has 0 bridgehead atoms. The van der Waals surface area contributed by atoms with E-state index in [4.69, 9.17) is 16.7 Å². The van der Waals surface area contributed by atoms with Crippen molar-refractivity contribution < 1.29 is 15.0 Å². The summed E-state index contributed by atoms with van der Waals surface area (Å²) in [5.41, 5.74) is 4.18. The predicted octanol–water partition coefficient (Wildman–Crippen LogP) is 4.67. The first-order valence-electron chi connectivity index (χ1n) is 9.72. The fourth-order valence-corrected chi connectivity index (χ4v) is 5.17. The molecule has 1 aromatic rings. The van der Waals surface area contributed by atoms with E-state index in [9.17, 15) is 9.90 Å². The zero-order valence-corrected chi connectivity index (χ0v) is 15.5. The smallest absolute Gasteiger partial charge is 0.303 e. The highest BCUT2D eigenvalue weighted by Gasteiger charge is 2.42. The van der Waals surface area contributed by atoms with E-state index >= 15 is 0 Å². The number of unbranched alkanes of at least 4 members (excludes halogenated alkanes) is 3. The molecule has 2 aliphatic carbocycles. The van der Waals surface area contributed by atoms with E-state index in [1.54, 1.807) is 0 Å². The van der Waals surface area contributed by atoms with Crippen LogP contribution in [-0.2, 0) is 17.6 Å². The SMILES string of the molecule is O=C(O)CCCCCC[C@@H]1[C@@H](c2ccc3c(c2)CCC3)[C@H](O)C[C@H]1Cl. The third-order valence-corrected chi connectivity index (χ3v) is 6.49. The fourth-order valence-electron chi connectivity index (χ4n) is 4.70. The van der Waals surface area contributed by atoms with Crippen LogP contribution in [0.25, 0.3) is 0 Å². The monoisotopic (exact) mass is 364 g/mol. The van der Waals surface area contributed by atoms with Gasteiger partial charge < -0.3 is 10.2 Å². The van der Waals surface area contributed by atoms with Crippen molar-refractivity contribution in [3.63, 3.8) is 0 Å². The zero-order chi connectivity index (χ0) is 17.8. The van der Waals surface area contributed by atoms with Gasteiger partial charge in [0.25, 0.3) is 0 Å². The van der Waals surface area contributed by atoms with Crippen LogP contribution < -0.4 is 0 Å². The van der Waals surface area contributed by atoms with Crippen LogP contribution in [0.5, 0.6) is 0 Å². The topological polar surface area (TPSA) is 57.5 Å². The predicted molar refractivity (Wildman–Crippen MR) is 100 cm³/mol. The molecule has 2 N–H and O–H groups in total. The van der Waals surface area contributed by atoms with Crippen LogP contribution in [0.2, 0.25) is 0 Å². The maximum Gasteiger partial charge on any atom is 0.303 e. The molecule has 0 spiro atoms. The summed E-state index contributed by atoms with van der Waals surface area (Å²) in [5.74, 6) is -0.251. The van der Waals surface area contributed by atoms with E-state index in [-0.39, 0.29) is 23.8 Å². The molecule has 0 unspecified atom stereocenters. The van der Waals surface area contributed by atoms with Gasteiger partial charge in [0, 0.05) is 17.7 Å². The van der Waals surface area contributed by atoms with Crippen LogP contribution in [0.15, 0.2) is 18.2 Å². The van der Waals surface area contributed by atoms with Gasteiger partial charge in [-0.05, 0) is 61.1 Å². The lowest BCUT2D eigenvalue weighted by molar-refractivity contribution is -0.137. The largest absolute Gasteiger partial charge is 0.481 e. The molecule has 4 heteroatoms. The Morgan fingerprint density at radius 1 is 1.12 bits per heavy atom. The molecular formula is C21H29ClO3. The first kappa shape index (κ1) is 18.7. The summed E-state index contributed by atoms with van der Waals surface area (Å²) in [6, 6.07) is 6.76. The number of aryl methyl sites for hydroxylation is 2. The minimum atomic E-state index is -0.712. The Morgan fingerprint density at radius 2 is 1.88 bits per heavy atom. The molecule has 25 heavy (non-hydrogen) atoms. The van der Waals surface area contributed by atoms with Crippen molar-refractivity contribution in [1.82, 2.24) is 0 Å². The third-order valence-electron chi connectivity index (χ3n) is 5.99. The third kappa shape index (κ3) is 4.57. The van der Waals surface area contributed by atoms with Crippen molar-refractivity contribution in [2.45, 2.75) is 81.6 Å². The molecule has 3 nitrogen and oxygen atoms in total. The van der Waals surface area contributed by atoms with E-state index in [2.05, 4.69) is 18.2 Å². The Morgan fingerprint density at radius 3 is 2.68 bits per heavy atom. The highest BCUT2D eigenvalue weighted by atomic mass is 35.5. The van der Waals surface area contributed by atoms with Gasteiger partial charge in [0.15, 0.2) is 0 Å². The van der Waals surface area contributed by atoms with Crippen molar-refractivity contribution in [2.75, 3.05) is 0 Å². The Hall–Kier alpha value is -1.06. The molecule has 0 amide bonds. The first-order chi connectivity index (χ1) is 12.1. The lowest BCUT2D eigenvalue weighted by Gasteiger charge is -2.24. The molecular weight excluding hydrogens is 336 g/mol. The number of hydrogen-bond donors (Lipinski definition) is 2. The molecule has 0 aromatic heterocycles. The quantitative estimate of drug-likeness (QED) is 0.520. The number of carbonyl (C=O) groups is 1. The minimum absolute atomic E-state index is 0.0345.